The SMILES string of the molecule is C[C@H](Oc1cccc(Cl)c1)C(=O)N1CCN(C(=O)c2ccccc2)C[C@H]1C. The topological polar surface area (TPSA) is 49.9 Å². The standard InChI is InChI=1S/C21H23ClN2O3/c1-15-14-23(21(26)17-7-4-3-5-8-17)11-12-24(15)20(25)16(2)27-19-10-6-9-18(22)13-19/h3-10,13,15-16H,11-12,14H2,1-2H3/t15-,16+/m1/s1. The van der Waals surface area contributed by atoms with Crippen molar-refractivity contribution in [3.63, 3.8) is 0 Å². The molecule has 2 aromatic carbocycles. The van der Waals surface area contributed by atoms with Crippen LogP contribution < -0.4 is 4.74 Å². The Labute approximate surface area is 164 Å². The molecule has 1 heterocycles. The number of rotatable bonds is 4. The number of nitrogens with zero attached hydrogens (tertiary/aromatic N) is 2. The van der Waals surface area contributed by atoms with Gasteiger partial charge in [0.15, 0.2) is 6.10 Å². The fourth-order valence-corrected chi connectivity index (χ4v) is 3.44. The highest BCUT2D eigenvalue weighted by molar-refractivity contribution is 6.30. The zero-order chi connectivity index (χ0) is 19.4. The zero-order valence-corrected chi connectivity index (χ0v) is 16.2. The van der Waals surface area contributed by atoms with Crippen LogP contribution in [0.4, 0.5) is 0 Å². The van der Waals surface area contributed by atoms with Crippen molar-refractivity contribution in [1.29, 1.82) is 0 Å². The summed E-state index contributed by atoms with van der Waals surface area (Å²) in [6.45, 7) is 5.19. The van der Waals surface area contributed by atoms with Crippen molar-refractivity contribution in [2.45, 2.75) is 26.0 Å². The van der Waals surface area contributed by atoms with Crippen molar-refractivity contribution in [2.75, 3.05) is 19.6 Å². The highest BCUT2D eigenvalue weighted by Gasteiger charge is 2.32. The Morgan fingerprint density at radius 1 is 1.11 bits per heavy atom. The Hall–Kier alpha value is -2.53. The van der Waals surface area contributed by atoms with Gasteiger partial charge >= 0.3 is 0 Å². The summed E-state index contributed by atoms with van der Waals surface area (Å²) in [6, 6.07) is 16.1. The van der Waals surface area contributed by atoms with Gasteiger partial charge in [-0.25, -0.2) is 0 Å². The third-order valence-electron chi connectivity index (χ3n) is 4.68. The first kappa shape index (κ1) is 19.2. The number of ether oxygens (including phenoxy) is 1. The van der Waals surface area contributed by atoms with E-state index >= 15 is 0 Å². The molecule has 1 saturated heterocycles. The van der Waals surface area contributed by atoms with Gasteiger partial charge in [0.25, 0.3) is 11.8 Å². The van der Waals surface area contributed by atoms with E-state index in [0.717, 1.165) is 0 Å². The molecule has 0 bridgehead atoms. The van der Waals surface area contributed by atoms with Gasteiger partial charge in [0.2, 0.25) is 0 Å². The predicted octanol–water partition coefficient (Wildman–Crippen LogP) is 3.48. The van der Waals surface area contributed by atoms with Crippen LogP contribution in [0.5, 0.6) is 5.75 Å². The molecule has 3 rings (SSSR count). The van der Waals surface area contributed by atoms with E-state index in [9.17, 15) is 9.59 Å². The third kappa shape index (κ3) is 4.61. The van der Waals surface area contributed by atoms with Crippen LogP contribution in [0.15, 0.2) is 54.6 Å². The summed E-state index contributed by atoms with van der Waals surface area (Å²) in [4.78, 5) is 29.0. The molecule has 0 aliphatic carbocycles. The first-order valence-corrected chi connectivity index (χ1v) is 9.40. The maximum absolute atomic E-state index is 12.8. The van der Waals surface area contributed by atoms with Crippen molar-refractivity contribution in [2.24, 2.45) is 0 Å². The number of carbonyl (C=O) groups excluding carboxylic acids is 2. The Kier molecular flexibility index (Phi) is 6.01. The minimum Gasteiger partial charge on any atom is -0.481 e. The maximum Gasteiger partial charge on any atom is 0.263 e. The summed E-state index contributed by atoms with van der Waals surface area (Å²) in [5.74, 6) is 0.473. The molecule has 1 aliphatic rings. The van der Waals surface area contributed by atoms with Crippen LogP contribution in [-0.2, 0) is 4.79 Å². The van der Waals surface area contributed by atoms with Crippen LogP contribution in [-0.4, -0.2) is 53.4 Å². The van der Waals surface area contributed by atoms with Gasteiger partial charge in [-0.05, 0) is 44.2 Å². The van der Waals surface area contributed by atoms with Crippen LogP contribution in [0.1, 0.15) is 24.2 Å². The highest BCUT2D eigenvalue weighted by atomic mass is 35.5. The van der Waals surface area contributed by atoms with Crippen LogP contribution in [0.2, 0.25) is 5.02 Å². The molecule has 0 radical (unpaired) electrons. The van der Waals surface area contributed by atoms with Crippen molar-refractivity contribution in [3.8, 4) is 5.75 Å². The van der Waals surface area contributed by atoms with Crippen LogP contribution >= 0.6 is 11.6 Å². The first-order chi connectivity index (χ1) is 13.0. The van der Waals surface area contributed by atoms with Gasteiger partial charge in [0.05, 0.1) is 0 Å². The maximum atomic E-state index is 12.8. The Bertz CT molecular complexity index is 812. The number of piperazine rings is 1. The quantitative estimate of drug-likeness (QED) is 0.808. The number of hydrogen-bond donors (Lipinski definition) is 0. The number of carbonyl (C=O) groups is 2. The Morgan fingerprint density at radius 3 is 2.52 bits per heavy atom. The summed E-state index contributed by atoms with van der Waals surface area (Å²) in [6.07, 6.45) is -0.623. The van der Waals surface area contributed by atoms with E-state index in [0.29, 0.717) is 36.0 Å². The molecule has 2 aromatic rings. The summed E-state index contributed by atoms with van der Waals surface area (Å²) < 4.78 is 5.75. The van der Waals surface area contributed by atoms with E-state index in [1.54, 1.807) is 41.0 Å². The molecule has 2 atom stereocenters. The van der Waals surface area contributed by atoms with Gasteiger partial charge < -0.3 is 14.5 Å². The van der Waals surface area contributed by atoms with E-state index in [1.165, 1.54) is 0 Å². The van der Waals surface area contributed by atoms with Gasteiger partial charge in [-0.1, -0.05) is 35.9 Å². The van der Waals surface area contributed by atoms with Crippen LogP contribution in [0, 0.1) is 0 Å². The zero-order valence-electron chi connectivity index (χ0n) is 15.5. The predicted molar refractivity (Wildman–Crippen MR) is 105 cm³/mol. The normalized spacial score (nSPS) is 18.1. The van der Waals surface area contributed by atoms with Crippen LogP contribution in [0.25, 0.3) is 0 Å². The molecule has 1 fully saturated rings. The van der Waals surface area contributed by atoms with E-state index in [2.05, 4.69) is 0 Å². The summed E-state index contributed by atoms with van der Waals surface area (Å²) in [7, 11) is 0. The number of halogens is 1. The van der Waals surface area contributed by atoms with Gasteiger partial charge in [0, 0.05) is 36.3 Å². The molecule has 0 spiro atoms. The van der Waals surface area contributed by atoms with Gasteiger partial charge in [-0.15, -0.1) is 0 Å². The Morgan fingerprint density at radius 2 is 1.85 bits per heavy atom. The number of benzene rings is 2. The van der Waals surface area contributed by atoms with Crippen molar-refractivity contribution in [3.05, 3.63) is 65.2 Å². The fourth-order valence-electron chi connectivity index (χ4n) is 3.26. The van der Waals surface area contributed by atoms with Crippen LogP contribution in [0.3, 0.4) is 0 Å². The second kappa shape index (κ2) is 8.44. The minimum atomic E-state index is -0.623. The lowest BCUT2D eigenvalue weighted by Crippen LogP contribution is -2.57. The molecular formula is C21H23ClN2O3. The molecule has 27 heavy (non-hydrogen) atoms. The lowest BCUT2D eigenvalue weighted by Gasteiger charge is -2.40. The average molecular weight is 387 g/mol. The monoisotopic (exact) mass is 386 g/mol. The molecular weight excluding hydrogens is 364 g/mol. The minimum absolute atomic E-state index is 0.00206. The van der Waals surface area contributed by atoms with Crippen molar-refractivity contribution < 1.29 is 14.3 Å². The molecule has 6 heteroatoms. The second-order valence-corrected chi connectivity index (χ2v) is 7.15. The molecule has 5 nitrogen and oxygen atoms in total. The summed E-state index contributed by atoms with van der Waals surface area (Å²) in [5.41, 5.74) is 0.669. The lowest BCUT2D eigenvalue weighted by atomic mass is 10.1. The van der Waals surface area contributed by atoms with Gasteiger partial charge in [-0.2, -0.15) is 0 Å². The molecule has 0 saturated carbocycles. The second-order valence-electron chi connectivity index (χ2n) is 6.72. The van der Waals surface area contributed by atoms with Gasteiger partial charge in [0.1, 0.15) is 5.75 Å². The number of amides is 2. The number of hydrogen-bond acceptors (Lipinski definition) is 3. The largest absolute Gasteiger partial charge is 0.481 e. The highest BCUT2D eigenvalue weighted by Crippen LogP contribution is 2.20. The smallest absolute Gasteiger partial charge is 0.263 e. The molecule has 142 valence electrons. The van der Waals surface area contributed by atoms with Crippen molar-refractivity contribution >= 4 is 23.4 Å². The van der Waals surface area contributed by atoms with Crippen molar-refractivity contribution in [1.82, 2.24) is 9.80 Å². The molecule has 1 aliphatic heterocycles. The van der Waals surface area contributed by atoms with E-state index in [1.807, 2.05) is 37.3 Å². The molecule has 0 unspecified atom stereocenters. The summed E-state index contributed by atoms with van der Waals surface area (Å²) in [5, 5.41) is 0.563. The van der Waals surface area contributed by atoms with Gasteiger partial charge in [-0.3, -0.25) is 9.59 Å². The third-order valence-corrected chi connectivity index (χ3v) is 4.91. The molecule has 2 amide bonds. The van der Waals surface area contributed by atoms with E-state index in [4.69, 9.17) is 16.3 Å². The summed E-state index contributed by atoms with van der Waals surface area (Å²) >= 11 is 5.96. The fraction of sp³-hybridized carbons (Fsp3) is 0.333. The van der Waals surface area contributed by atoms with E-state index in [-0.39, 0.29) is 17.9 Å². The average Bonchev–Trinajstić information content (AvgIpc) is 2.67. The molecule has 0 aromatic heterocycles. The van der Waals surface area contributed by atoms with E-state index < -0.39 is 6.10 Å². The first-order valence-electron chi connectivity index (χ1n) is 9.02. The Balaban J connectivity index is 1.60. The lowest BCUT2D eigenvalue weighted by molar-refractivity contribution is -0.142. The molecule has 0 N–H and O–H groups in total.